The normalized spacial score (nSPS) is 25.1. The fourth-order valence-electron chi connectivity index (χ4n) is 3.33. The third-order valence-corrected chi connectivity index (χ3v) is 6.56. The highest BCUT2D eigenvalue weighted by atomic mass is 32.2. The minimum Gasteiger partial charge on any atom is -0.392 e. The molecule has 2 aliphatic rings. The summed E-state index contributed by atoms with van der Waals surface area (Å²) in [7, 11) is -3.80. The van der Waals surface area contributed by atoms with E-state index in [-0.39, 0.29) is 17.0 Å². The van der Waals surface area contributed by atoms with Crippen molar-refractivity contribution in [3.05, 3.63) is 29.8 Å². The van der Waals surface area contributed by atoms with E-state index in [0.717, 1.165) is 31.2 Å². The molecule has 0 aromatic heterocycles. The predicted molar refractivity (Wildman–Crippen MR) is 80.3 cm³/mol. The lowest BCUT2D eigenvalue weighted by Crippen LogP contribution is -2.46. The van der Waals surface area contributed by atoms with Crippen molar-refractivity contribution in [2.45, 2.75) is 36.3 Å². The Morgan fingerprint density at radius 3 is 2.30 bits per heavy atom. The number of likely N-dealkylation sites (tertiary alicyclic amines) is 1. The van der Waals surface area contributed by atoms with E-state index >= 15 is 0 Å². The number of rotatable bonds is 3. The summed E-state index contributed by atoms with van der Waals surface area (Å²) in [5, 5.41) is 9.59. The van der Waals surface area contributed by atoms with Crippen molar-refractivity contribution in [1.29, 1.82) is 0 Å². The van der Waals surface area contributed by atoms with Crippen molar-refractivity contribution in [3.63, 3.8) is 0 Å². The lowest BCUT2D eigenvalue weighted by atomic mass is 10.1. The zero-order chi connectivity index (χ0) is 16.6. The topological polar surface area (TPSA) is 60.9 Å². The van der Waals surface area contributed by atoms with Crippen LogP contribution in [0.3, 0.4) is 0 Å². The second kappa shape index (κ2) is 6.43. The van der Waals surface area contributed by atoms with Crippen molar-refractivity contribution in [3.8, 4) is 0 Å². The quantitative estimate of drug-likeness (QED) is 0.893. The minimum absolute atomic E-state index is 0.216. The molecule has 8 heteroatoms. The molecule has 5 nitrogen and oxygen atoms in total. The molecule has 0 aliphatic carbocycles. The Hall–Kier alpha value is -1.09. The first-order valence-corrected chi connectivity index (χ1v) is 9.19. The van der Waals surface area contributed by atoms with Crippen LogP contribution in [-0.4, -0.2) is 61.1 Å². The van der Waals surface area contributed by atoms with Crippen molar-refractivity contribution in [2.75, 3.05) is 26.2 Å². The first kappa shape index (κ1) is 16.8. The monoisotopic (exact) mass is 346 g/mol. The summed E-state index contributed by atoms with van der Waals surface area (Å²) in [4.78, 5) is 1.98. The average molecular weight is 346 g/mol. The molecule has 2 aliphatic heterocycles. The van der Waals surface area contributed by atoms with Gasteiger partial charge < -0.3 is 5.11 Å². The van der Waals surface area contributed by atoms with E-state index in [2.05, 4.69) is 4.90 Å². The van der Waals surface area contributed by atoms with Crippen molar-refractivity contribution < 1.29 is 22.3 Å². The van der Waals surface area contributed by atoms with Crippen LogP contribution in [0.2, 0.25) is 0 Å². The number of β-amino-alcohol motifs (C(OH)–C–C–N with tert-alkyl or cyclic N) is 1. The highest BCUT2D eigenvalue weighted by Gasteiger charge is 2.34. The summed E-state index contributed by atoms with van der Waals surface area (Å²) < 4.78 is 52.6. The number of piperidine rings is 1. The molecule has 0 radical (unpaired) electrons. The molecule has 2 heterocycles. The van der Waals surface area contributed by atoms with Gasteiger partial charge in [-0.05, 0) is 37.5 Å². The van der Waals surface area contributed by atoms with Crippen LogP contribution in [0.1, 0.15) is 19.3 Å². The van der Waals surface area contributed by atoms with Crippen LogP contribution in [-0.2, 0) is 10.0 Å². The lowest BCUT2D eigenvalue weighted by molar-refractivity contribution is 0.132. The van der Waals surface area contributed by atoms with Crippen molar-refractivity contribution >= 4 is 10.0 Å². The Kier molecular flexibility index (Phi) is 4.68. The molecular formula is C15H20F2N2O3S. The largest absolute Gasteiger partial charge is 0.392 e. The number of aliphatic hydroxyl groups excluding tert-OH is 1. The number of hydrogen-bond donors (Lipinski definition) is 1. The van der Waals surface area contributed by atoms with Crippen LogP contribution in [0.25, 0.3) is 0 Å². The number of nitrogens with zero attached hydrogens (tertiary/aromatic N) is 2. The van der Waals surface area contributed by atoms with Crippen molar-refractivity contribution in [2.24, 2.45) is 0 Å². The molecule has 0 unspecified atom stereocenters. The average Bonchev–Trinajstić information content (AvgIpc) is 2.96. The van der Waals surface area contributed by atoms with Gasteiger partial charge in [-0.25, -0.2) is 17.2 Å². The molecule has 1 aromatic rings. The summed E-state index contributed by atoms with van der Waals surface area (Å²) in [5.74, 6) is -2.22. The molecule has 23 heavy (non-hydrogen) atoms. The molecule has 0 bridgehead atoms. The molecule has 0 saturated carbocycles. The Labute approximate surface area is 134 Å². The number of halogens is 2. The second-order valence-electron chi connectivity index (χ2n) is 6.15. The van der Waals surface area contributed by atoms with E-state index in [1.807, 2.05) is 0 Å². The molecular weight excluding hydrogens is 326 g/mol. The van der Waals surface area contributed by atoms with E-state index in [1.165, 1.54) is 4.31 Å². The van der Waals surface area contributed by atoms with Gasteiger partial charge in [-0.1, -0.05) is 0 Å². The van der Waals surface area contributed by atoms with E-state index in [0.29, 0.717) is 32.5 Å². The van der Waals surface area contributed by atoms with Gasteiger partial charge in [-0.2, -0.15) is 4.31 Å². The van der Waals surface area contributed by atoms with E-state index < -0.39 is 21.7 Å². The standard InChI is InChI=1S/C15H20F2N2O3S/c16-14-2-1-13(9-15(14)17)23(21,22)19-7-3-11(4-8-19)18-6-5-12(20)10-18/h1-2,9,11-12,20H,3-8,10H2/t12-/m0/s1. The molecule has 3 rings (SSSR count). The Balaban J connectivity index is 1.67. The van der Waals surface area contributed by atoms with Crippen molar-refractivity contribution in [1.82, 2.24) is 9.21 Å². The summed E-state index contributed by atoms with van der Waals surface area (Å²) in [5.41, 5.74) is 0. The van der Waals surface area contributed by atoms with Crippen LogP contribution in [0.5, 0.6) is 0 Å². The first-order valence-electron chi connectivity index (χ1n) is 7.75. The maximum Gasteiger partial charge on any atom is 0.243 e. The third kappa shape index (κ3) is 3.40. The zero-order valence-electron chi connectivity index (χ0n) is 12.7. The summed E-state index contributed by atoms with van der Waals surface area (Å²) in [6, 6.07) is 2.92. The van der Waals surface area contributed by atoms with Crippen LogP contribution in [0.4, 0.5) is 8.78 Å². The van der Waals surface area contributed by atoms with Crippen LogP contribution in [0, 0.1) is 11.6 Å². The van der Waals surface area contributed by atoms with Gasteiger partial charge in [-0.15, -0.1) is 0 Å². The van der Waals surface area contributed by atoms with Gasteiger partial charge in [0, 0.05) is 32.2 Å². The Morgan fingerprint density at radius 2 is 1.74 bits per heavy atom. The van der Waals surface area contributed by atoms with Gasteiger partial charge in [0.15, 0.2) is 11.6 Å². The number of aliphatic hydroxyl groups is 1. The number of hydrogen-bond acceptors (Lipinski definition) is 4. The number of sulfonamides is 1. The highest BCUT2D eigenvalue weighted by Crippen LogP contribution is 2.26. The Bertz CT molecular complexity index is 675. The van der Waals surface area contributed by atoms with E-state index in [1.54, 1.807) is 0 Å². The molecule has 0 amide bonds. The maximum absolute atomic E-state index is 13.3. The fourth-order valence-corrected chi connectivity index (χ4v) is 4.82. The summed E-state index contributed by atoms with van der Waals surface area (Å²) >= 11 is 0. The van der Waals surface area contributed by atoms with Gasteiger partial charge in [0.05, 0.1) is 11.0 Å². The maximum atomic E-state index is 13.3. The smallest absolute Gasteiger partial charge is 0.243 e. The van der Waals surface area contributed by atoms with E-state index in [4.69, 9.17) is 0 Å². The SMILES string of the molecule is O=S(=O)(c1ccc(F)c(F)c1)N1CCC(N2CC[C@H](O)C2)CC1. The summed E-state index contributed by atoms with van der Waals surface area (Å²) in [6.07, 6.45) is 1.82. The van der Waals surface area contributed by atoms with Crippen LogP contribution < -0.4 is 0 Å². The van der Waals surface area contributed by atoms with Gasteiger partial charge in [0.25, 0.3) is 0 Å². The molecule has 2 fully saturated rings. The number of benzene rings is 1. The molecule has 128 valence electrons. The van der Waals surface area contributed by atoms with Gasteiger partial charge in [-0.3, -0.25) is 4.90 Å². The van der Waals surface area contributed by atoms with Crippen LogP contribution in [0.15, 0.2) is 23.1 Å². The lowest BCUT2D eigenvalue weighted by Gasteiger charge is -2.36. The zero-order valence-corrected chi connectivity index (χ0v) is 13.5. The van der Waals surface area contributed by atoms with Crippen LogP contribution >= 0.6 is 0 Å². The highest BCUT2D eigenvalue weighted by molar-refractivity contribution is 7.89. The van der Waals surface area contributed by atoms with Gasteiger partial charge in [0.1, 0.15) is 0 Å². The molecule has 2 saturated heterocycles. The fraction of sp³-hybridized carbons (Fsp3) is 0.600. The predicted octanol–water partition coefficient (Wildman–Crippen LogP) is 1.18. The molecule has 0 spiro atoms. The molecule has 1 atom stereocenters. The minimum atomic E-state index is -3.80. The second-order valence-corrected chi connectivity index (χ2v) is 8.09. The van der Waals surface area contributed by atoms with Gasteiger partial charge in [0.2, 0.25) is 10.0 Å². The summed E-state index contributed by atoms with van der Waals surface area (Å²) in [6.45, 7) is 2.17. The van der Waals surface area contributed by atoms with E-state index in [9.17, 15) is 22.3 Å². The third-order valence-electron chi connectivity index (χ3n) is 4.66. The molecule has 1 N–H and O–H groups in total. The Morgan fingerprint density at radius 1 is 1.04 bits per heavy atom. The first-order chi connectivity index (χ1) is 10.9. The molecule has 1 aromatic carbocycles. The van der Waals surface area contributed by atoms with Gasteiger partial charge >= 0.3 is 0 Å².